The standard InChI is InChI=1S/C15H20N2O3S/c16-14(21)11-1-3-12(4-2-11)15(19)17-7-5-13(6-8-17)20-10-9-18/h1-4,13,18H,5-10H2,(H2,16,21). The summed E-state index contributed by atoms with van der Waals surface area (Å²) < 4.78 is 5.49. The minimum Gasteiger partial charge on any atom is -0.394 e. The molecule has 1 saturated heterocycles. The molecule has 1 aliphatic rings. The van der Waals surface area contributed by atoms with Gasteiger partial charge in [0.25, 0.3) is 5.91 Å². The Morgan fingerprint density at radius 2 is 1.86 bits per heavy atom. The van der Waals surface area contributed by atoms with Gasteiger partial charge in [-0.1, -0.05) is 24.4 Å². The zero-order chi connectivity index (χ0) is 15.2. The highest BCUT2D eigenvalue weighted by atomic mass is 32.1. The molecule has 0 aromatic heterocycles. The van der Waals surface area contributed by atoms with E-state index in [1.165, 1.54) is 0 Å². The predicted octanol–water partition coefficient (Wildman–Crippen LogP) is 0.934. The van der Waals surface area contributed by atoms with Crippen molar-refractivity contribution in [3.05, 3.63) is 35.4 Å². The third-order valence-corrected chi connectivity index (χ3v) is 3.83. The Kier molecular flexibility index (Phi) is 5.67. The fourth-order valence-corrected chi connectivity index (χ4v) is 2.54. The number of hydrogen-bond acceptors (Lipinski definition) is 4. The van der Waals surface area contributed by atoms with Gasteiger partial charge in [-0.05, 0) is 25.0 Å². The van der Waals surface area contributed by atoms with Crippen molar-refractivity contribution in [3.8, 4) is 0 Å². The number of hydrogen-bond donors (Lipinski definition) is 2. The second-order valence-corrected chi connectivity index (χ2v) is 5.47. The van der Waals surface area contributed by atoms with Crippen LogP contribution < -0.4 is 5.73 Å². The number of carbonyl (C=O) groups excluding carboxylic acids is 1. The Morgan fingerprint density at radius 3 is 2.38 bits per heavy atom. The molecule has 0 unspecified atom stereocenters. The maximum atomic E-state index is 12.4. The zero-order valence-corrected chi connectivity index (χ0v) is 12.6. The van der Waals surface area contributed by atoms with Gasteiger partial charge in [0.15, 0.2) is 0 Å². The van der Waals surface area contributed by atoms with Gasteiger partial charge in [0.1, 0.15) is 4.99 Å². The highest BCUT2D eigenvalue weighted by Gasteiger charge is 2.23. The van der Waals surface area contributed by atoms with E-state index in [4.69, 9.17) is 27.8 Å². The number of amides is 1. The Hall–Kier alpha value is -1.50. The number of benzene rings is 1. The SMILES string of the molecule is NC(=S)c1ccc(C(=O)N2CCC(OCCO)CC2)cc1. The van der Waals surface area contributed by atoms with Crippen LogP contribution in [0, 0.1) is 0 Å². The second kappa shape index (κ2) is 7.49. The molecule has 0 aliphatic carbocycles. The van der Waals surface area contributed by atoms with Crippen molar-refractivity contribution < 1.29 is 14.6 Å². The van der Waals surface area contributed by atoms with E-state index in [-0.39, 0.29) is 18.6 Å². The quantitative estimate of drug-likeness (QED) is 0.792. The van der Waals surface area contributed by atoms with Crippen LogP contribution in [0.5, 0.6) is 0 Å². The van der Waals surface area contributed by atoms with Crippen LogP contribution >= 0.6 is 12.2 Å². The second-order valence-electron chi connectivity index (χ2n) is 5.03. The molecule has 21 heavy (non-hydrogen) atoms. The molecule has 114 valence electrons. The summed E-state index contributed by atoms with van der Waals surface area (Å²) in [4.78, 5) is 14.5. The van der Waals surface area contributed by atoms with Crippen LogP contribution in [0.4, 0.5) is 0 Å². The summed E-state index contributed by atoms with van der Waals surface area (Å²) in [6, 6.07) is 7.05. The summed E-state index contributed by atoms with van der Waals surface area (Å²) in [6.45, 7) is 1.74. The molecule has 0 saturated carbocycles. The van der Waals surface area contributed by atoms with Crippen molar-refractivity contribution in [2.24, 2.45) is 5.73 Å². The average Bonchev–Trinajstić information content (AvgIpc) is 2.53. The third-order valence-electron chi connectivity index (χ3n) is 3.59. The summed E-state index contributed by atoms with van der Waals surface area (Å²) >= 11 is 4.89. The van der Waals surface area contributed by atoms with Gasteiger partial charge in [-0.3, -0.25) is 4.79 Å². The largest absolute Gasteiger partial charge is 0.394 e. The van der Waals surface area contributed by atoms with Crippen molar-refractivity contribution in [2.45, 2.75) is 18.9 Å². The molecule has 6 heteroatoms. The molecule has 3 N–H and O–H groups in total. The summed E-state index contributed by atoms with van der Waals surface area (Å²) in [5.74, 6) is 0.0186. The van der Waals surface area contributed by atoms with Crippen molar-refractivity contribution in [1.82, 2.24) is 4.90 Å². The Bertz CT molecular complexity index is 496. The number of likely N-dealkylation sites (tertiary alicyclic amines) is 1. The summed E-state index contributed by atoms with van der Waals surface area (Å²) in [5, 5.41) is 8.74. The van der Waals surface area contributed by atoms with Gasteiger partial charge in [0, 0.05) is 24.2 Å². The number of carbonyl (C=O) groups is 1. The number of aliphatic hydroxyl groups excluding tert-OH is 1. The van der Waals surface area contributed by atoms with Crippen LogP contribution in [0.2, 0.25) is 0 Å². The molecule has 1 aromatic carbocycles. The van der Waals surface area contributed by atoms with Crippen molar-refractivity contribution in [2.75, 3.05) is 26.3 Å². The summed E-state index contributed by atoms with van der Waals surface area (Å²) in [5.41, 5.74) is 6.95. The molecule has 1 aromatic rings. The lowest BCUT2D eigenvalue weighted by molar-refractivity contribution is -0.00554. The number of nitrogens with two attached hydrogens (primary N) is 1. The normalized spacial score (nSPS) is 16.0. The Morgan fingerprint density at radius 1 is 1.29 bits per heavy atom. The van der Waals surface area contributed by atoms with Gasteiger partial charge in [0.2, 0.25) is 0 Å². The molecule has 1 amide bonds. The molecule has 0 spiro atoms. The van der Waals surface area contributed by atoms with Gasteiger partial charge in [-0.25, -0.2) is 0 Å². The first kappa shape index (κ1) is 15.9. The van der Waals surface area contributed by atoms with Crippen LogP contribution in [0.1, 0.15) is 28.8 Å². The van der Waals surface area contributed by atoms with E-state index >= 15 is 0 Å². The molecule has 1 fully saturated rings. The van der Waals surface area contributed by atoms with Crippen LogP contribution in [-0.2, 0) is 4.74 Å². The highest BCUT2D eigenvalue weighted by Crippen LogP contribution is 2.16. The minimum absolute atomic E-state index is 0.0186. The van der Waals surface area contributed by atoms with Gasteiger partial charge in [-0.2, -0.15) is 0 Å². The number of thiocarbonyl (C=S) groups is 1. The van der Waals surface area contributed by atoms with Gasteiger partial charge in [0.05, 0.1) is 19.3 Å². The van der Waals surface area contributed by atoms with Crippen LogP contribution in [0.15, 0.2) is 24.3 Å². The number of piperidine rings is 1. The topological polar surface area (TPSA) is 75.8 Å². The number of rotatable bonds is 5. The molecule has 2 rings (SSSR count). The van der Waals surface area contributed by atoms with E-state index in [9.17, 15) is 4.79 Å². The molecule has 1 aliphatic heterocycles. The Labute approximate surface area is 129 Å². The first-order chi connectivity index (χ1) is 10.1. The fourth-order valence-electron chi connectivity index (χ4n) is 2.40. The molecule has 1 heterocycles. The van der Waals surface area contributed by atoms with Crippen LogP contribution in [0.25, 0.3) is 0 Å². The molecule has 0 bridgehead atoms. The average molecular weight is 308 g/mol. The zero-order valence-electron chi connectivity index (χ0n) is 11.8. The monoisotopic (exact) mass is 308 g/mol. The van der Waals surface area contributed by atoms with Crippen molar-refractivity contribution in [3.63, 3.8) is 0 Å². The molecule has 0 atom stereocenters. The maximum Gasteiger partial charge on any atom is 0.253 e. The van der Waals surface area contributed by atoms with Crippen LogP contribution in [-0.4, -0.2) is 53.3 Å². The summed E-state index contributed by atoms with van der Waals surface area (Å²) in [6.07, 6.45) is 1.74. The first-order valence-electron chi connectivity index (χ1n) is 7.03. The Balaban J connectivity index is 1.91. The smallest absolute Gasteiger partial charge is 0.253 e. The minimum atomic E-state index is 0.0186. The van der Waals surface area contributed by atoms with Gasteiger partial charge >= 0.3 is 0 Å². The fraction of sp³-hybridized carbons (Fsp3) is 0.467. The first-order valence-corrected chi connectivity index (χ1v) is 7.44. The van der Waals surface area contributed by atoms with E-state index < -0.39 is 0 Å². The maximum absolute atomic E-state index is 12.4. The van der Waals surface area contributed by atoms with E-state index in [0.29, 0.717) is 30.2 Å². The lowest BCUT2D eigenvalue weighted by atomic mass is 10.1. The van der Waals surface area contributed by atoms with Crippen molar-refractivity contribution in [1.29, 1.82) is 0 Å². The van der Waals surface area contributed by atoms with Crippen LogP contribution in [0.3, 0.4) is 0 Å². The number of ether oxygens (including phenoxy) is 1. The third kappa shape index (κ3) is 4.23. The van der Waals surface area contributed by atoms with Gasteiger partial charge < -0.3 is 20.5 Å². The van der Waals surface area contributed by atoms with Gasteiger partial charge in [-0.15, -0.1) is 0 Å². The highest BCUT2D eigenvalue weighted by molar-refractivity contribution is 7.80. The summed E-state index contributed by atoms with van der Waals surface area (Å²) in [7, 11) is 0. The number of nitrogens with zero attached hydrogens (tertiary/aromatic N) is 1. The molecular formula is C15H20N2O3S. The van der Waals surface area contributed by atoms with E-state index in [2.05, 4.69) is 0 Å². The molecular weight excluding hydrogens is 288 g/mol. The lowest BCUT2D eigenvalue weighted by Gasteiger charge is -2.32. The number of aliphatic hydroxyl groups is 1. The van der Waals surface area contributed by atoms with E-state index in [1.807, 2.05) is 4.90 Å². The predicted molar refractivity (Wildman–Crippen MR) is 84.3 cm³/mol. The van der Waals surface area contributed by atoms with Crippen molar-refractivity contribution >= 4 is 23.1 Å². The lowest BCUT2D eigenvalue weighted by Crippen LogP contribution is -2.41. The van der Waals surface area contributed by atoms with E-state index in [1.54, 1.807) is 24.3 Å². The molecule has 0 radical (unpaired) electrons. The molecule has 5 nitrogen and oxygen atoms in total. The van der Waals surface area contributed by atoms with E-state index in [0.717, 1.165) is 18.4 Å².